The Morgan fingerprint density at radius 2 is 1.85 bits per heavy atom. The molecule has 0 aliphatic heterocycles. The van der Waals surface area contributed by atoms with Crippen LogP contribution in [-0.2, 0) is 10.0 Å². The van der Waals surface area contributed by atoms with Gasteiger partial charge in [0, 0.05) is 6.54 Å². The van der Waals surface area contributed by atoms with Crippen molar-refractivity contribution in [3.05, 3.63) is 41.6 Å². The van der Waals surface area contributed by atoms with E-state index in [1.165, 1.54) is 7.11 Å². The van der Waals surface area contributed by atoms with Gasteiger partial charge >= 0.3 is 0 Å². The van der Waals surface area contributed by atoms with Crippen molar-refractivity contribution in [2.24, 2.45) is 0 Å². The van der Waals surface area contributed by atoms with Crippen molar-refractivity contribution in [3.63, 3.8) is 0 Å². The first-order valence-electron chi connectivity index (χ1n) is 8.75. The number of rotatable bonds is 9. The summed E-state index contributed by atoms with van der Waals surface area (Å²) in [6, 6.07) is 6.77. The molecule has 148 valence electrons. The van der Waals surface area contributed by atoms with Crippen molar-refractivity contribution < 1.29 is 13.2 Å². The van der Waals surface area contributed by atoms with Gasteiger partial charge in [-0.15, -0.1) is 0 Å². The first-order chi connectivity index (χ1) is 12.7. The molecule has 2 rings (SSSR count). The minimum Gasteiger partial charge on any atom is -0.495 e. The summed E-state index contributed by atoms with van der Waals surface area (Å²) < 4.78 is 33.3. The van der Waals surface area contributed by atoms with Gasteiger partial charge in [-0.2, -0.15) is 0 Å². The predicted octanol–water partition coefficient (Wildman–Crippen LogP) is 2.87. The summed E-state index contributed by atoms with van der Waals surface area (Å²) in [7, 11) is 1.72. The Balaban J connectivity index is 2.09. The van der Waals surface area contributed by atoms with Crippen molar-refractivity contribution >= 4 is 21.5 Å². The Kier molecular flexibility index (Phi) is 7.04. The van der Waals surface area contributed by atoms with Crippen LogP contribution in [-0.4, -0.2) is 52.6 Å². The zero-order valence-electron chi connectivity index (χ0n) is 16.5. The zero-order valence-corrected chi connectivity index (χ0v) is 17.4. The summed E-state index contributed by atoms with van der Waals surface area (Å²) in [5.74, 6) is 0.568. The summed E-state index contributed by atoms with van der Waals surface area (Å²) in [6.07, 6.45) is 2.62. The van der Waals surface area contributed by atoms with E-state index in [-0.39, 0.29) is 10.7 Å². The molecule has 2 aromatic rings. The van der Waals surface area contributed by atoms with Crippen LogP contribution in [0.25, 0.3) is 0 Å². The highest BCUT2D eigenvalue weighted by Gasteiger charge is 2.21. The highest BCUT2D eigenvalue weighted by Crippen LogP contribution is 2.28. The van der Waals surface area contributed by atoms with E-state index < -0.39 is 10.0 Å². The molecule has 0 saturated heterocycles. The molecular weight excluding hydrogens is 364 g/mol. The van der Waals surface area contributed by atoms with Crippen LogP contribution in [0.4, 0.5) is 11.5 Å². The standard InChI is InChI=1S/C19H28N4O3S/c1-14-11-17(26-5)18(12-15(14)2)27(24,25)22-19-8-7-16(13-21-19)20-9-6-10-23(3)4/h7-8,11-13,20H,6,9-10H2,1-5H3,(H,21,22). The number of aryl methyl sites for hydroxylation is 2. The molecule has 0 amide bonds. The number of hydrogen-bond donors (Lipinski definition) is 2. The van der Waals surface area contributed by atoms with E-state index in [2.05, 4.69) is 19.9 Å². The number of nitrogens with one attached hydrogen (secondary N) is 2. The van der Waals surface area contributed by atoms with Gasteiger partial charge in [0.15, 0.2) is 0 Å². The van der Waals surface area contributed by atoms with E-state index in [0.717, 1.165) is 36.3 Å². The van der Waals surface area contributed by atoms with E-state index in [1.54, 1.807) is 30.5 Å². The molecule has 0 aliphatic rings. The number of ether oxygens (including phenoxy) is 1. The lowest BCUT2D eigenvalue weighted by atomic mass is 10.1. The van der Waals surface area contributed by atoms with Crippen LogP contribution in [0, 0.1) is 13.8 Å². The Hall–Kier alpha value is -2.32. The Morgan fingerprint density at radius 1 is 1.15 bits per heavy atom. The van der Waals surface area contributed by atoms with Crippen LogP contribution < -0.4 is 14.8 Å². The fourth-order valence-electron chi connectivity index (χ4n) is 2.51. The first kappa shape index (κ1) is 21.0. The number of aromatic nitrogens is 1. The Bertz CT molecular complexity index is 865. The molecule has 0 spiro atoms. The maximum Gasteiger partial charge on any atom is 0.266 e. The van der Waals surface area contributed by atoms with Gasteiger partial charge in [0.1, 0.15) is 16.5 Å². The van der Waals surface area contributed by atoms with E-state index in [0.29, 0.717) is 5.75 Å². The molecular formula is C19H28N4O3S. The second-order valence-electron chi connectivity index (χ2n) is 6.71. The van der Waals surface area contributed by atoms with Gasteiger partial charge in [0.05, 0.1) is 19.0 Å². The molecule has 0 radical (unpaired) electrons. The second-order valence-corrected chi connectivity index (χ2v) is 8.36. The van der Waals surface area contributed by atoms with E-state index in [1.807, 2.05) is 27.9 Å². The number of nitrogens with zero attached hydrogens (tertiary/aromatic N) is 2. The molecule has 1 aromatic carbocycles. The van der Waals surface area contributed by atoms with Gasteiger partial charge < -0.3 is 15.0 Å². The van der Waals surface area contributed by atoms with Crippen molar-refractivity contribution in [2.45, 2.75) is 25.2 Å². The maximum absolute atomic E-state index is 12.8. The number of anilines is 2. The van der Waals surface area contributed by atoms with Gasteiger partial charge in [-0.1, -0.05) is 0 Å². The molecule has 8 heteroatoms. The molecule has 2 N–H and O–H groups in total. The lowest BCUT2D eigenvalue weighted by Crippen LogP contribution is -2.17. The number of benzene rings is 1. The lowest BCUT2D eigenvalue weighted by molar-refractivity contribution is 0.402. The summed E-state index contributed by atoms with van der Waals surface area (Å²) in [5, 5.41) is 3.27. The smallest absolute Gasteiger partial charge is 0.266 e. The first-order valence-corrected chi connectivity index (χ1v) is 10.2. The summed E-state index contributed by atoms with van der Waals surface area (Å²) >= 11 is 0. The summed E-state index contributed by atoms with van der Waals surface area (Å²) in [6.45, 7) is 5.59. The minimum absolute atomic E-state index is 0.0980. The van der Waals surface area contributed by atoms with Gasteiger partial charge in [0.25, 0.3) is 10.0 Å². The Morgan fingerprint density at radius 3 is 2.44 bits per heavy atom. The zero-order chi connectivity index (χ0) is 20.0. The third-order valence-electron chi connectivity index (χ3n) is 4.18. The highest BCUT2D eigenvalue weighted by molar-refractivity contribution is 7.92. The van der Waals surface area contributed by atoms with Crippen LogP contribution in [0.2, 0.25) is 0 Å². The molecule has 0 fully saturated rings. The summed E-state index contributed by atoms with van der Waals surface area (Å²) in [5.41, 5.74) is 2.69. The fraction of sp³-hybridized carbons (Fsp3) is 0.421. The topological polar surface area (TPSA) is 83.6 Å². The van der Waals surface area contributed by atoms with Crippen LogP contribution in [0.5, 0.6) is 5.75 Å². The minimum atomic E-state index is -3.80. The molecule has 0 saturated carbocycles. The average molecular weight is 393 g/mol. The number of sulfonamides is 1. The van der Waals surface area contributed by atoms with Crippen molar-refractivity contribution in [1.29, 1.82) is 0 Å². The molecule has 7 nitrogen and oxygen atoms in total. The molecule has 27 heavy (non-hydrogen) atoms. The molecule has 1 aromatic heterocycles. The normalized spacial score (nSPS) is 11.5. The van der Waals surface area contributed by atoms with E-state index in [9.17, 15) is 8.42 Å². The van der Waals surface area contributed by atoms with Gasteiger partial charge in [-0.25, -0.2) is 13.4 Å². The average Bonchev–Trinajstić information content (AvgIpc) is 2.61. The third-order valence-corrected chi connectivity index (χ3v) is 5.56. The molecule has 0 unspecified atom stereocenters. The van der Waals surface area contributed by atoms with Gasteiger partial charge in [-0.3, -0.25) is 4.72 Å². The molecule has 0 bridgehead atoms. The van der Waals surface area contributed by atoms with E-state index in [4.69, 9.17) is 4.74 Å². The number of hydrogen-bond acceptors (Lipinski definition) is 6. The maximum atomic E-state index is 12.8. The fourth-order valence-corrected chi connectivity index (χ4v) is 3.76. The quantitative estimate of drug-likeness (QED) is 0.639. The number of pyridine rings is 1. The van der Waals surface area contributed by atoms with Crippen molar-refractivity contribution in [3.8, 4) is 5.75 Å². The van der Waals surface area contributed by atoms with Crippen LogP contribution in [0.3, 0.4) is 0 Å². The van der Waals surface area contributed by atoms with Crippen molar-refractivity contribution in [1.82, 2.24) is 9.88 Å². The SMILES string of the molecule is COc1cc(C)c(C)cc1S(=O)(=O)Nc1ccc(NCCCN(C)C)cn1. The largest absolute Gasteiger partial charge is 0.495 e. The lowest BCUT2D eigenvalue weighted by Gasteiger charge is -2.14. The van der Waals surface area contributed by atoms with Crippen LogP contribution >= 0.6 is 0 Å². The van der Waals surface area contributed by atoms with Gasteiger partial charge in [0.2, 0.25) is 0 Å². The van der Waals surface area contributed by atoms with Gasteiger partial charge in [-0.05, 0) is 76.3 Å². The monoisotopic (exact) mass is 392 g/mol. The van der Waals surface area contributed by atoms with E-state index >= 15 is 0 Å². The third kappa shape index (κ3) is 5.83. The predicted molar refractivity (Wildman–Crippen MR) is 109 cm³/mol. The second kappa shape index (κ2) is 9.05. The van der Waals surface area contributed by atoms with Crippen LogP contribution in [0.1, 0.15) is 17.5 Å². The van der Waals surface area contributed by atoms with Crippen LogP contribution in [0.15, 0.2) is 35.4 Å². The Labute approximate surface area is 161 Å². The van der Waals surface area contributed by atoms with Crippen molar-refractivity contribution in [2.75, 3.05) is 44.3 Å². The molecule has 0 atom stereocenters. The number of methoxy groups -OCH3 is 1. The summed E-state index contributed by atoms with van der Waals surface area (Å²) in [4.78, 5) is 6.42. The molecule has 0 aliphatic carbocycles. The molecule has 1 heterocycles. The highest BCUT2D eigenvalue weighted by atomic mass is 32.2.